The fourth-order valence-corrected chi connectivity index (χ4v) is 3.80. The Kier molecular flexibility index (Phi) is 8.89. The molecule has 0 unspecified atom stereocenters. The maximum atomic E-state index is 13.0. The number of Topliss-reactive ketones (excluding diaryl/α,β-unsaturated/α-hetero) is 1. The van der Waals surface area contributed by atoms with E-state index in [-0.39, 0.29) is 6.54 Å². The van der Waals surface area contributed by atoms with Gasteiger partial charge in [0.05, 0.1) is 19.8 Å². The Morgan fingerprint density at radius 2 is 1.80 bits per heavy atom. The molecule has 0 spiro atoms. The summed E-state index contributed by atoms with van der Waals surface area (Å²) in [4.78, 5) is 42.1. The molecule has 2 aromatic rings. The van der Waals surface area contributed by atoms with Crippen molar-refractivity contribution in [3.05, 3.63) is 30.0 Å². The molecule has 0 atom stereocenters. The molecular formula is C23H32N2O5. The number of fused-ring (bicyclic) bond motifs is 1. The number of rotatable bonds is 7. The number of hydrogen-bond acceptors (Lipinski definition) is 5. The summed E-state index contributed by atoms with van der Waals surface area (Å²) < 4.78 is 9.91. The standard InChI is InChI=1S/C21H26N2O5.C2H6/c1-27-15-8-9-16-17(11-22-18(16)10-15)20(25)21(26)23(13-19(24)28-2)12-14-6-4-3-5-7-14;1-2/h8-11,14,22H,3-7,12-13H2,1-2H3;1-2H3. The van der Waals surface area contributed by atoms with Gasteiger partial charge in [-0.25, -0.2) is 0 Å². The molecule has 1 aliphatic carbocycles. The van der Waals surface area contributed by atoms with Crippen molar-refractivity contribution < 1.29 is 23.9 Å². The van der Waals surface area contributed by atoms with Crippen molar-refractivity contribution in [2.24, 2.45) is 5.92 Å². The molecule has 1 aromatic heterocycles. The highest BCUT2D eigenvalue weighted by molar-refractivity contribution is 6.45. The minimum absolute atomic E-state index is 0.215. The second-order valence-corrected chi connectivity index (χ2v) is 7.21. The first kappa shape index (κ1) is 23.4. The summed E-state index contributed by atoms with van der Waals surface area (Å²) in [6.07, 6.45) is 6.96. The first-order valence-electron chi connectivity index (χ1n) is 10.6. The average molecular weight is 417 g/mol. The third kappa shape index (κ3) is 5.62. The van der Waals surface area contributed by atoms with E-state index in [0.29, 0.717) is 34.7 Å². The molecule has 0 bridgehead atoms. The predicted octanol–water partition coefficient (Wildman–Crippen LogP) is 3.97. The molecule has 1 aromatic carbocycles. The molecule has 164 valence electrons. The smallest absolute Gasteiger partial charge is 0.325 e. The third-order valence-electron chi connectivity index (χ3n) is 5.37. The average Bonchev–Trinajstić information content (AvgIpc) is 3.22. The molecule has 7 nitrogen and oxygen atoms in total. The molecule has 1 heterocycles. The normalized spacial score (nSPS) is 13.9. The highest BCUT2D eigenvalue weighted by Crippen LogP contribution is 2.26. The van der Waals surface area contributed by atoms with Gasteiger partial charge in [-0.05, 0) is 30.9 Å². The molecule has 0 saturated heterocycles. The quantitative estimate of drug-likeness (QED) is 0.419. The van der Waals surface area contributed by atoms with Gasteiger partial charge in [-0.1, -0.05) is 33.1 Å². The minimum Gasteiger partial charge on any atom is -0.497 e. The van der Waals surface area contributed by atoms with Gasteiger partial charge in [0.25, 0.3) is 11.7 Å². The topological polar surface area (TPSA) is 88.7 Å². The number of H-pyrrole nitrogens is 1. The number of amides is 1. The van der Waals surface area contributed by atoms with Crippen molar-refractivity contribution in [2.75, 3.05) is 27.3 Å². The second kappa shape index (κ2) is 11.4. The number of benzene rings is 1. The van der Waals surface area contributed by atoms with Crippen LogP contribution in [0.3, 0.4) is 0 Å². The van der Waals surface area contributed by atoms with Crippen LogP contribution in [-0.2, 0) is 14.3 Å². The lowest BCUT2D eigenvalue weighted by Gasteiger charge is -2.28. The van der Waals surface area contributed by atoms with Gasteiger partial charge in [-0.15, -0.1) is 0 Å². The maximum absolute atomic E-state index is 13.0. The number of ketones is 1. The lowest BCUT2D eigenvalue weighted by molar-refractivity contribution is -0.146. The molecule has 7 heteroatoms. The van der Waals surface area contributed by atoms with Gasteiger partial charge in [0.1, 0.15) is 12.3 Å². The first-order valence-corrected chi connectivity index (χ1v) is 10.6. The zero-order valence-electron chi connectivity index (χ0n) is 18.3. The summed E-state index contributed by atoms with van der Waals surface area (Å²) in [6, 6.07) is 5.26. The maximum Gasteiger partial charge on any atom is 0.325 e. The van der Waals surface area contributed by atoms with E-state index in [2.05, 4.69) is 4.98 Å². The van der Waals surface area contributed by atoms with E-state index in [0.717, 1.165) is 25.7 Å². The number of aromatic amines is 1. The van der Waals surface area contributed by atoms with Crippen molar-refractivity contribution in [3.8, 4) is 5.75 Å². The van der Waals surface area contributed by atoms with Gasteiger partial charge in [0, 0.05) is 29.7 Å². The van der Waals surface area contributed by atoms with Gasteiger partial charge in [0.15, 0.2) is 0 Å². The predicted molar refractivity (Wildman–Crippen MR) is 116 cm³/mol. The van der Waals surface area contributed by atoms with Crippen molar-refractivity contribution in [3.63, 3.8) is 0 Å². The number of methoxy groups -OCH3 is 2. The van der Waals surface area contributed by atoms with Crippen LogP contribution in [0.4, 0.5) is 0 Å². The Hall–Kier alpha value is -2.83. The van der Waals surface area contributed by atoms with Gasteiger partial charge in [-0.3, -0.25) is 14.4 Å². The van der Waals surface area contributed by atoms with Crippen molar-refractivity contribution in [1.29, 1.82) is 0 Å². The number of nitrogens with zero attached hydrogens (tertiary/aromatic N) is 1. The Balaban J connectivity index is 0.00000155. The number of esters is 1. The minimum atomic E-state index is -0.673. The van der Waals surface area contributed by atoms with Crippen LogP contribution in [0.5, 0.6) is 5.75 Å². The Morgan fingerprint density at radius 1 is 1.10 bits per heavy atom. The molecule has 3 rings (SSSR count). The highest BCUT2D eigenvalue weighted by atomic mass is 16.5. The van der Waals surface area contributed by atoms with E-state index in [1.165, 1.54) is 24.6 Å². The molecule has 1 saturated carbocycles. The monoisotopic (exact) mass is 416 g/mol. The fourth-order valence-electron chi connectivity index (χ4n) is 3.80. The molecular weight excluding hydrogens is 384 g/mol. The van der Waals surface area contributed by atoms with Gasteiger partial charge >= 0.3 is 5.97 Å². The number of carbonyl (C=O) groups is 3. The van der Waals surface area contributed by atoms with Crippen LogP contribution in [0.2, 0.25) is 0 Å². The summed E-state index contributed by atoms with van der Waals surface area (Å²) >= 11 is 0. The van der Waals surface area contributed by atoms with E-state index in [1.807, 2.05) is 13.8 Å². The van der Waals surface area contributed by atoms with Gasteiger partial charge in [0.2, 0.25) is 0 Å². The summed E-state index contributed by atoms with van der Waals surface area (Å²) in [5, 5.41) is 0.648. The highest BCUT2D eigenvalue weighted by Gasteiger charge is 2.29. The van der Waals surface area contributed by atoms with Crippen LogP contribution < -0.4 is 4.74 Å². The molecule has 1 amide bonds. The summed E-state index contributed by atoms with van der Waals surface area (Å²) in [5.74, 6) is -0.865. The van der Waals surface area contributed by atoms with E-state index in [4.69, 9.17) is 9.47 Å². The van der Waals surface area contributed by atoms with Crippen molar-refractivity contribution in [1.82, 2.24) is 9.88 Å². The zero-order valence-corrected chi connectivity index (χ0v) is 18.3. The van der Waals surface area contributed by atoms with Crippen molar-refractivity contribution >= 4 is 28.6 Å². The molecule has 0 aliphatic heterocycles. The van der Waals surface area contributed by atoms with Gasteiger partial charge in [-0.2, -0.15) is 0 Å². The Morgan fingerprint density at radius 3 is 2.43 bits per heavy atom. The third-order valence-corrected chi connectivity index (χ3v) is 5.37. The molecule has 1 N–H and O–H groups in total. The van der Waals surface area contributed by atoms with E-state index >= 15 is 0 Å². The number of ether oxygens (including phenoxy) is 2. The summed E-state index contributed by atoms with van der Waals surface area (Å²) in [5.41, 5.74) is 1.00. The number of nitrogens with one attached hydrogen (secondary N) is 1. The van der Waals surface area contributed by atoms with Crippen LogP contribution in [-0.4, -0.2) is 54.9 Å². The molecule has 1 fully saturated rings. The van der Waals surface area contributed by atoms with Crippen LogP contribution >= 0.6 is 0 Å². The van der Waals surface area contributed by atoms with Gasteiger partial charge < -0.3 is 19.4 Å². The first-order chi connectivity index (χ1) is 14.5. The summed E-state index contributed by atoms with van der Waals surface area (Å²) in [7, 11) is 2.84. The number of hydrogen-bond donors (Lipinski definition) is 1. The lowest BCUT2D eigenvalue weighted by atomic mass is 9.89. The second-order valence-electron chi connectivity index (χ2n) is 7.21. The van der Waals surface area contributed by atoms with E-state index in [9.17, 15) is 14.4 Å². The molecule has 0 radical (unpaired) electrons. The number of aromatic nitrogens is 1. The van der Waals surface area contributed by atoms with Crippen LogP contribution in [0.25, 0.3) is 10.9 Å². The fraction of sp³-hybridized carbons (Fsp3) is 0.522. The largest absolute Gasteiger partial charge is 0.497 e. The van der Waals surface area contributed by atoms with Crippen LogP contribution in [0, 0.1) is 5.92 Å². The Bertz CT molecular complexity index is 868. The molecule has 30 heavy (non-hydrogen) atoms. The van der Waals surface area contributed by atoms with Crippen LogP contribution in [0.15, 0.2) is 24.4 Å². The Labute approximate surface area is 177 Å². The summed E-state index contributed by atoms with van der Waals surface area (Å²) in [6.45, 7) is 4.18. The van der Waals surface area contributed by atoms with E-state index < -0.39 is 17.7 Å². The lowest BCUT2D eigenvalue weighted by Crippen LogP contribution is -2.43. The molecule has 1 aliphatic rings. The zero-order chi connectivity index (χ0) is 22.1. The SMILES string of the molecule is CC.COC(=O)CN(CC1CCCCC1)C(=O)C(=O)c1c[nH]c2cc(OC)ccc12. The van der Waals surface area contributed by atoms with E-state index in [1.54, 1.807) is 25.3 Å². The number of carbonyl (C=O) groups excluding carboxylic acids is 3. The van der Waals surface area contributed by atoms with Crippen molar-refractivity contribution in [2.45, 2.75) is 46.0 Å². The van der Waals surface area contributed by atoms with Crippen LogP contribution in [0.1, 0.15) is 56.3 Å².